The lowest BCUT2D eigenvalue weighted by atomic mass is 10.0. The number of carbonyl (C=O) groups is 4. The fourth-order valence-corrected chi connectivity index (χ4v) is 1.65. The summed E-state index contributed by atoms with van der Waals surface area (Å²) in [7, 11) is 0. The number of hydrogen-bond acceptors (Lipinski definition) is 6. The number of carboxylic acid groups (broad SMARTS) is 2. The van der Waals surface area contributed by atoms with Gasteiger partial charge >= 0.3 is 11.9 Å². The molecule has 0 saturated carbocycles. The van der Waals surface area contributed by atoms with E-state index in [2.05, 4.69) is 10.6 Å². The van der Waals surface area contributed by atoms with Crippen LogP contribution in [0.4, 0.5) is 0 Å². The van der Waals surface area contributed by atoms with Crippen LogP contribution in [0.15, 0.2) is 0 Å². The summed E-state index contributed by atoms with van der Waals surface area (Å²) in [6.45, 7) is 2.46. The first-order chi connectivity index (χ1) is 10.6. The van der Waals surface area contributed by atoms with Crippen molar-refractivity contribution in [3.63, 3.8) is 0 Å². The maximum atomic E-state index is 12.0. The van der Waals surface area contributed by atoms with Crippen molar-refractivity contribution in [2.24, 2.45) is 11.7 Å². The van der Waals surface area contributed by atoms with Crippen molar-refractivity contribution in [2.75, 3.05) is 6.61 Å². The molecule has 7 N–H and O–H groups in total. The molecule has 0 aromatic rings. The van der Waals surface area contributed by atoms with E-state index < -0.39 is 48.5 Å². The molecule has 0 saturated heterocycles. The summed E-state index contributed by atoms with van der Waals surface area (Å²) in [5, 5.41) is 30.7. The second-order valence-corrected chi connectivity index (χ2v) is 5.35. The standard InChI is InChI=1S/C13H23N3O7/c1-6(2)10(12(21)15-8(5-17)13(22)23)16-11(20)7(14)3-4-9(18)19/h6-8,10,17H,3-5,14H2,1-2H3,(H,15,21)(H,16,20)(H,18,19)(H,22,23). The summed E-state index contributed by atoms with van der Waals surface area (Å²) in [4.78, 5) is 45.2. The zero-order chi connectivity index (χ0) is 18.2. The second kappa shape index (κ2) is 9.74. The van der Waals surface area contributed by atoms with Crippen molar-refractivity contribution in [1.29, 1.82) is 0 Å². The molecule has 0 rings (SSSR count). The minimum Gasteiger partial charge on any atom is -0.481 e. The largest absolute Gasteiger partial charge is 0.481 e. The Bertz CT molecular complexity index is 453. The second-order valence-electron chi connectivity index (χ2n) is 5.35. The monoisotopic (exact) mass is 333 g/mol. The van der Waals surface area contributed by atoms with Gasteiger partial charge in [-0.05, 0) is 12.3 Å². The third-order valence-electron chi connectivity index (χ3n) is 3.05. The Morgan fingerprint density at radius 3 is 2.00 bits per heavy atom. The molecule has 0 aliphatic rings. The van der Waals surface area contributed by atoms with E-state index in [1.807, 2.05) is 0 Å². The summed E-state index contributed by atoms with van der Waals surface area (Å²) < 4.78 is 0. The highest BCUT2D eigenvalue weighted by Gasteiger charge is 2.29. The van der Waals surface area contributed by atoms with E-state index in [1.54, 1.807) is 13.8 Å². The molecule has 0 bridgehead atoms. The molecule has 3 unspecified atom stereocenters. The first-order valence-electron chi connectivity index (χ1n) is 7.01. The third-order valence-corrected chi connectivity index (χ3v) is 3.05. The molecule has 0 heterocycles. The van der Waals surface area contributed by atoms with Gasteiger partial charge in [-0.25, -0.2) is 4.79 Å². The van der Waals surface area contributed by atoms with Gasteiger partial charge in [-0.2, -0.15) is 0 Å². The number of hydrogen-bond donors (Lipinski definition) is 6. The SMILES string of the molecule is CC(C)C(NC(=O)C(N)CCC(=O)O)C(=O)NC(CO)C(=O)O. The normalized spacial score (nSPS) is 14.7. The fraction of sp³-hybridized carbons (Fsp3) is 0.692. The number of carbonyl (C=O) groups excluding carboxylic acids is 2. The number of nitrogens with two attached hydrogens (primary N) is 1. The number of aliphatic carboxylic acids is 2. The van der Waals surface area contributed by atoms with Gasteiger partial charge in [0.15, 0.2) is 0 Å². The Kier molecular flexibility index (Phi) is 8.81. The maximum Gasteiger partial charge on any atom is 0.328 e. The Balaban J connectivity index is 4.79. The van der Waals surface area contributed by atoms with Crippen LogP contribution in [0.1, 0.15) is 26.7 Å². The van der Waals surface area contributed by atoms with Gasteiger partial charge in [-0.15, -0.1) is 0 Å². The molecule has 0 aliphatic carbocycles. The molecule has 0 aromatic carbocycles. The summed E-state index contributed by atoms with van der Waals surface area (Å²) in [6.07, 6.45) is -0.388. The predicted molar refractivity (Wildman–Crippen MR) is 78.3 cm³/mol. The molecule has 10 nitrogen and oxygen atoms in total. The van der Waals surface area contributed by atoms with Gasteiger partial charge in [0.05, 0.1) is 12.6 Å². The van der Waals surface area contributed by atoms with Crippen LogP contribution in [0.3, 0.4) is 0 Å². The van der Waals surface area contributed by atoms with Crippen LogP contribution >= 0.6 is 0 Å². The van der Waals surface area contributed by atoms with Crippen LogP contribution in [0.25, 0.3) is 0 Å². The molecule has 0 aliphatic heterocycles. The first kappa shape index (κ1) is 20.8. The van der Waals surface area contributed by atoms with Gasteiger partial charge < -0.3 is 31.7 Å². The van der Waals surface area contributed by atoms with Crippen molar-refractivity contribution >= 4 is 23.8 Å². The van der Waals surface area contributed by atoms with Crippen molar-refractivity contribution in [1.82, 2.24) is 10.6 Å². The summed E-state index contributed by atoms with van der Waals surface area (Å²) in [5.74, 6) is -4.37. The minimum absolute atomic E-state index is 0.0952. The van der Waals surface area contributed by atoms with Gasteiger partial charge in [0.25, 0.3) is 0 Å². The average Bonchev–Trinajstić information content (AvgIpc) is 2.46. The van der Waals surface area contributed by atoms with Crippen molar-refractivity contribution < 1.29 is 34.5 Å². The third kappa shape index (κ3) is 7.56. The molecule has 2 amide bonds. The highest BCUT2D eigenvalue weighted by Crippen LogP contribution is 2.04. The smallest absolute Gasteiger partial charge is 0.328 e. The predicted octanol–water partition coefficient (Wildman–Crippen LogP) is -2.12. The lowest BCUT2D eigenvalue weighted by Crippen LogP contribution is -2.56. The van der Waals surface area contributed by atoms with E-state index in [-0.39, 0.29) is 18.8 Å². The molecule has 0 aromatic heterocycles. The number of aliphatic hydroxyl groups is 1. The highest BCUT2D eigenvalue weighted by molar-refractivity contribution is 5.92. The molecular weight excluding hydrogens is 310 g/mol. The minimum atomic E-state index is -1.48. The van der Waals surface area contributed by atoms with Crippen molar-refractivity contribution in [3.8, 4) is 0 Å². The summed E-state index contributed by atoms with van der Waals surface area (Å²) in [6, 6.07) is -3.65. The first-order valence-corrected chi connectivity index (χ1v) is 7.01. The van der Waals surface area contributed by atoms with E-state index in [4.69, 9.17) is 21.1 Å². The molecule has 0 fully saturated rings. The van der Waals surface area contributed by atoms with Crippen molar-refractivity contribution in [2.45, 2.75) is 44.8 Å². The molecule has 23 heavy (non-hydrogen) atoms. The van der Waals surface area contributed by atoms with E-state index in [9.17, 15) is 19.2 Å². The van der Waals surface area contributed by atoms with E-state index in [0.717, 1.165) is 0 Å². The molecule has 0 radical (unpaired) electrons. The van der Waals surface area contributed by atoms with Gasteiger partial charge in [0, 0.05) is 6.42 Å². The number of rotatable bonds is 10. The van der Waals surface area contributed by atoms with Crippen molar-refractivity contribution in [3.05, 3.63) is 0 Å². The molecule has 3 atom stereocenters. The Morgan fingerprint density at radius 1 is 1.04 bits per heavy atom. The van der Waals surface area contributed by atoms with Crippen LogP contribution in [0.2, 0.25) is 0 Å². The number of nitrogens with one attached hydrogen (secondary N) is 2. The Labute approximate surface area is 133 Å². The van der Waals surface area contributed by atoms with Crippen LogP contribution in [0, 0.1) is 5.92 Å². The van der Waals surface area contributed by atoms with Gasteiger partial charge in [0.1, 0.15) is 12.1 Å². The lowest BCUT2D eigenvalue weighted by molar-refractivity contribution is -0.143. The van der Waals surface area contributed by atoms with Crippen LogP contribution in [-0.4, -0.2) is 63.8 Å². The fourth-order valence-electron chi connectivity index (χ4n) is 1.65. The van der Waals surface area contributed by atoms with Crippen LogP contribution in [-0.2, 0) is 19.2 Å². The summed E-state index contributed by atoms with van der Waals surface area (Å²) in [5.41, 5.74) is 5.55. The molecule has 10 heteroatoms. The van der Waals surface area contributed by atoms with Crippen LogP contribution < -0.4 is 16.4 Å². The molecular formula is C13H23N3O7. The van der Waals surface area contributed by atoms with Gasteiger partial charge in [-0.3, -0.25) is 14.4 Å². The zero-order valence-electron chi connectivity index (χ0n) is 13.0. The van der Waals surface area contributed by atoms with Gasteiger partial charge in [0.2, 0.25) is 11.8 Å². The molecule has 0 spiro atoms. The Hall–Kier alpha value is -2.20. The summed E-state index contributed by atoms with van der Waals surface area (Å²) >= 11 is 0. The highest BCUT2D eigenvalue weighted by atomic mass is 16.4. The maximum absolute atomic E-state index is 12.0. The lowest BCUT2D eigenvalue weighted by Gasteiger charge is -2.24. The number of amides is 2. The molecule has 132 valence electrons. The number of aliphatic hydroxyl groups excluding tert-OH is 1. The van der Waals surface area contributed by atoms with E-state index >= 15 is 0 Å². The quantitative estimate of drug-likeness (QED) is 0.262. The number of carboxylic acids is 2. The van der Waals surface area contributed by atoms with Crippen LogP contribution in [0.5, 0.6) is 0 Å². The average molecular weight is 333 g/mol. The zero-order valence-corrected chi connectivity index (χ0v) is 13.0. The topological polar surface area (TPSA) is 179 Å². The Morgan fingerprint density at radius 2 is 1.61 bits per heavy atom. The van der Waals surface area contributed by atoms with Gasteiger partial charge in [-0.1, -0.05) is 13.8 Å². The van der Waals surface area contributed by atoms with E-state index in [0.29, 0.717) is 0 Å². The van der Waals surface area contributed by atoms with E-state index in [1.165, 1.54) is 0 Å².